The maximum absolute atomic E-state index is 12.1. The van der Waals surface area contributed by atoms with E-state index >= 15 is 0 Å². The molecule has 1 amide bonds. The highest BCUT2D eigenvalue weighted by atomic mass is 32.2. The fraction of sp³-hybridized carbons (Fsp3) is 0.611. The van der Waals surface area contributed by atoms with Gasteiger partial charge >= 0.3 is 0 Å². The van der Waals surface area contributed by atoms with Crippen molar-refractivity contribution in [2.24, 2.45) is 0 Å². The zero-order valence-corrected chi connectivity index (χ0v) is 15.5. The van der Waals surface area contributed by atoms with E-state index in [2.05, 4.69) is 16.5 Å². The Hall–Kier alpha value is -1.04. The van der Waals surface area contributed by atoms with Gasteiger partial charge in [-0.2, -0.15) is 4.72 Å². The van der Waals surface area contributed by atoms with Crippen molar-refractivity contribution in [3.8, 4) is 0 Å². The molecule has 130 valence electrons. The van der Waals surface area contributed by atoms with Gasteiger partial charge in [-0.1, -0.05) is 51.2 Å². The van der Waals surface area contributed by atoms with Crippen molar-refractivity contribution in [3.63, 3.8) is 0 Å². The van der Waals surface area contributed by atoms with Crippen LogP contribution in [0.15, 0.2) is 29.2 Å². The Morgan fingerprint density at radius 3 is 2.30 bits per heavy atom. The molecule has 1 rings (SSSR count). The second-order valence-electron chi connectivity index (χ2n) is 6.19. The molecule has 0 saturated carbocycles. The van der Waals surface area contributed by atoms with Gasteiger partial charge in [-0.3, -0.25) is 4.79 Å². The number of carbonyl (C=O) groups excluding carboxylic acids is 1. The van der Waals surface area contributed by atoms with Gasteiger partial charge in [0.1, 0.15) is 11.4 Å². The number of nitrogens with zero attached hydrogens (tertiary/aromatic N) is 1. The van der Waals surface area contributed by atoms with Crippen LogP contribution in [-0.2, 0) is 22.7 Å². The minimum atomic E-state index is -1.46. The van der Waals surface area contributed by atoms with E-state index in [0.717, 1.165) is 24.9 Å². The van der Waals surface area contributed by atoms with Gasteiger partial charge in [-0.05, 0) is 38.2 Å². The average Bonchev–Trinajstić information content (AvgIpc) is 2.50. The number of rotatable bonds is 11. The molecule has 4 nitrogen and oxygen atoms in total. The van der Waals surface area contributed by atoms with Crippen LogP contribution in [0.1, 0.15) is 57.4 Å². The van der Waals surface area contributed by atoms with Gasteiger partial charge < -0.3 is 9.45 Å². The van der Waals surface area contributed by atoms with Crippen LogP contribution in [0.25, 0.3) is 0 Å². The molecule has 5 heteroatoms. The summed E-state index contributed by atoms with van der Waals surface area (Å²) in [7, 11) is 4.02. The van der Waals surface area contributed by atoms with Crippen molar-refractivity contribution in [2.45, 2.75) is 63.3 Å². The minimum Gasteiger partial charge on any atom is -0.588 e. The molecule has 0 saturated heterocycles. The fourth-order valence-corrected chi connectivity index (χ4v) is 3.17. The predicted molar refractivity (Wildman–Crippen MR) is 96.4 cm³/mol. The molecular weight excluding hydrogens is 308 g/mol. The fourth-order valence-electron chi connectivity index (χ4n) is 2.36. The second kappa shape index (κ2) is 11.5. The quantitative estimate of drug-likeness (QED) is 0.495. The topological polar surface area (TPSA) is 55.4 Å². The summed E-state index contributed by atoms with van der Waals surface area (Å²) < 4.78 is 14.7. The molecular formula is C18H30N2O2S. The third kappa shape index (κ3) is 8.98. The summed E-state index contributed by atoms with van der Waals surface area (Å²) in [6.45, 7) is 3.03. The second-order valence-corrected chi connectivity index (χ2v) is 7.41. The summed E-state index contributed by atoms with van der Waals surface area (Å²) in [4.78, 5) is 14.5. The number of hydrogen-bond donors (Lipinski definition) is 1. The Morgan fingerprint density at radius 1 is 1.09 bits per heavy atom. The third-order valence-electron chi connectivity index (χ3n) is 3.60. The Bertz CT molecular complexity index is 449. The van der Waals surface area contributed by atoms with Crippen LogP contribution in [0, 0.1) is 0 Å². The zero-order chi connectivity index (χ0) is 17.1. The van der Waals surface area contributed by atoms with E-state index in [0.29, 0.717) is 11.3 Å². The van der Waals surface area contributed by atoms with E-state index in [1.807, 2.05) is 38.4 Å². The molecule has 1 N–H and O–H groups in total. The van der Waals surface area contributed by atoms with E-state index in [1.54, 1.807) is 0 Å². The minimum absolute atomic E-state index is 0.129. The van der Waals surface area contributed by atoms with Crippen LogP contribution in [-0.4, -0.2) is 29.5 Å². The molecule has 0 spiro atoms. The number of unbranched alkanes of at least 4 members (excludes halogenated alkanes) is 5. The molecule has 1 aromatic rings. The molecule has 1 atom stereocenters. The summed E-state index contributed by atoms with van der Waals surface area (Å²) in [5, 5.41) is 0. The van der Waals surface area contributed by atoms with Gasteiger partial charge in [0.2, 0.25) is 0 Å². The van der Waals surface area contributed by atoms with Crippen LogP contribution in [0.4, 0.5) is 0 Å². The van der Waals surface area contributed by atoms with Crippen LogP contribution in [0.5, 0.6) is 0 Å². The van der Waals surface area contributed by atoms with Crippen molar-refractivity contribution < 1.29 is 9.35 Å². The highest BCUT2D eigenvalue weighted by Crippen LogP contribution is 2.12. The highest BCUT2D eigenvalue weighted by Gasteiger charge is 2.15. The van der Waals surface area contributed by atoms with Crippen molar-refractivity contribution in [1.82, 2.24) is 9.62 Å². The Labute approximate surface area is 144 Å². The van der Waals surface area contributed by atoms with Crippen LogP contribution >= 0.6 is 0 Å². The number of amides is 1. The lowest BCUT2D eigenvalue weighted by Gasteiger charge is -2.12. The third-order valence-corrected chi connectivity index (χ3v) is 4.71. The van der Waals surface area contributed by atoms with Gasteiger partial charge in [-0.25, -0.2) is 0 Å². The Balaban J connectivity index is 2.28. The van der Waals surface area contributed by atoms with Gasteiger partial charge in [0, 0.05) is 13.0 Å². The molecule has 0 unspecified atom stereocenters. The maximum atomic E-state index is 12.1. The predicted octanol–water partition coefficient (Wildman–Crippen LogP) is 3.64. The van der Waals surface area contributed by atoms with Crippen LogP contribution in [0.2, 0.25) is 0 Å². The highest BCUT2D eigenvalue weighted by molar-refractivity contribution is 7.90. The van der Waals surface area contributed by atoms with E-state index < -0.39 is 11.4 Å². The summed E-state index contributed by atoms with van der Waals surface area (Å²) >= 11 is -1.46. The SMILES string of the molecule is CCCCCCCCC(=O)N[S@@+]([O-])c1ccc(CN(C)C)cc1. The van der Waals surface area contributed by atoms with Gasteiger partial charge in [0.05, 0.1) is 0 Å². The molecule has 0 radical (unpaired) electrons. The number of carbonyl (C=O) groups is 1. The molecule has 0 aliphatic rings. The van der Waals surface area contributed by atoms with E-state index in [-0.39, 0.29) is 5.91 Å². The largest absolute Gasteiger partial charge is 0.588 e. The van der Waals surface area contributed by atoms with Crippen molar-refractivity contribution in [1.29, 1.82) is 0 Å². The van der Waals surface area contributed by atoms with Gasteiger partial charge in [0.25, 0.3) is 5.91 Å². The average molecular weight is 339 g/mol. The Kier molecular flexibility index (Phi) is 9.99. The lowest BCUT2D eigenvalue weighted by molar-refractivity contribution is -0.119. The summed E-state index contributed by atoms with van der Waals surface area (Å²) in [5.74, 6) is -0.129. The van der Waals surface area contributed by atoms with E-state index in [9.17, 15) is 9.35 Å². The van der Waals surface area contributed by atoms with Gasteiger partial charge in [0.15, 0.2) is 4.90 Å². The smallest absolute Gasteiger partial charge is 0.261 e. The lowest BCUT2D eigenvalue weighted by atomic mass is 10.1. The molecule has 0 fully saturated rings. The van der Waals surface area contributed by atoms with E-state index in [4.69, 9.17) is 0 Å². The first kappa shape index (κ1) is 20.0. The first-order valence-electron chi connectivity index (χ1n) is 8.48. The first-order chi connectivity index (χ1) is 11.0. The van der Waals surface area contributed by atoms with E-state index in [1.165, 1.54) is 25.7 Å². The number of hydrogen-bond acceptors (Lipinski definition) is 3. The molecule has 23 heavy (non-hydrogen) atoms. The monoisotopic (exact) mass is 338 g/mol. The van der Waals surface area contributed by atoms with Crippen molar-refractivity contribution >= 4 is 17.3 Å². The summed E-state index contributed by atoms with van der Waals surface area (Å²) in [6.07, 6.45) is 7.30. The Morgan fingerprint density at radius 2 is 1.70 bits per heavy atom. The molecule has 1 aromatic carbocycles. The van der Waals surface area contributed by atoms with Gasteiger partial charge in [-0.15, -0.1) is 0 Å². The molecule has 0 aromatic heterocycles. The van der Waals surface area contributed by atoms with Crippen LogP contribution in [0.3, 0.4) is 0 Å². The maximum Gasteiger partial charge on any atom is 0.261 e. The molecule has 0 heterocycles. The molecule has 0 bridgehead atoms. The van der Waals surface area contributed by atoms with Crippen molar-refractivity contribution in [2.75, 3.05) is 14.1 Å². The molecule has 0 aliphatic heterocycles. The first-order valence-corrected chi connectivity index (χ1v) is 9.63. The number of benzene rings is 1. The lowest BCUT2D eigenvalue weighted by Crippen LogP contribution is -2.30. The molecule has 0 aliphatic carbocycles. The van der Waals surface area contributed by atoms with Crippen molar-refractivity contribution in [3.05, 3.63) is 29.8 Å². The number of nitrogens with one attached hydrogen (secondary N) is 1. The normalized spacial score (nSPS) is 12.4. The van der Waals surface area contributed by atoms with Crippen LogP contribution < -0.4 is 4.72 Å². The summed E-state index contributed by atoms with van der Waals surface area (Å²) in [6, 6.07) is 7.54. The zero-order valence-electron chi connectivity index (χ0n) is 14.6. The summed E-state index contributed by atoms with van der Waals surface area (Å²) in [5.41, 5.74) is 1.16. The standard InChI is InChI=1S/C18H30N2O2S/c1-4-5-6-7-8-9-10-18(21)19-23(22)17-13-11-16(12-14-17)15-20(2)3/h11-14H,4-10,15H2,1-3H3,(H,19,21)/t23-/m0/s1.